The van der Waals surface area contributed by atoms with Gasteiger partial charge in [0.2, 0.25) is 11.8 Å². The lowest BCUT2D eigenvalue weighted by atomic mass is 10.0. The zero-order chi connectivity index (χ0) is 13.9. The number of amides is 2. The minimum atomic E-state index is -0.0808. The van der Waals surface area contributed by atoms with Gasteiger partial charge in [0, 0.05) is 23.0 Å². The topological polar surface area (TPSA) is 37.4 Å². The minimum absolute atomic E-state index is 0.0808. The number of thioether (sulfide) groups is 1. The summed E-state index contributed by atoms with van der Waals surface area (Å²) in [7, 11) is 0. The van der Waals surface area contributed by atoms with Crippen molar-refractivity contribution in [2.45, 2.75) is 55.1 Å². The Morgan fingerprint density at radius 3 is 2.10 bits per heavy atom. The molecule has 1 aromatic rings. The number of hydrogen-bond donors (Lipinski definition) is 0. The summed E-state index contributed by atoms with van der Waals surface area (Å²) in [5, 5.41) is 0.727. The van der Waals surface area contributed by atoms with E-state index in [2.05, 4.69) is 0 Å². The summed E-state index contributed by atoms with van der Waals surface area (Å²) in [4.78, 5) is 25.9. The van der Waals surface area contributed by atoms with E-state index in [9.17, 15) is 9.59 Å². The summed E-state index contributed by atoms with van der Waals surface area (Å²) in [6, 6.07) is 7.86. The monoisotopic (exact) mass is 289 g/mol. The van der Waals surface area contributed by atoms with Crippen molar-refractivity contribution in [2.24, 2.45) is 0 Å². The van der Waals surface area contributed by atoms with Gasteiger partial charge >= 0.3 is 0 Å². The van der Waals surface area contributed by atoms with Crippen molar-refractivity contribution in [3.05, 3.63) is 24.3 Å². The van der Waals surface area contributed by atoms with Gasteiger partial charge in [-0.25, -0.2) is 0 Å². The molecule has 3 nitrogen and oxygen atoms in total. The molecule has 1 heterocycles. The molecule has 2 fully saturated rings. The fraction of sp³-hybridized carbons (Fsp3) is 0.500. The predicted molar refractivity (Wildman–Crippen MR) is 80.9 cm³/mol. The molecule has 4 heteroatoms. The summed E-state index contributed by atoms with van der Waals surface area (Å²) < 4.78 is 0. The molecular weight excluding hydrogens is 270 g/mol. The van der Waals surface area contributed by atoms with E-state index in [1.54, 1.807) is 0 Å². The van der Waals surface area contributed by atoms with Gasteiger partial charge in [0.15, 0.2) is 0 Å². The first-order valence-electron chi connectivity index (χ1n) is 7.36. The molecule has 106 valence electrons. The van der Waals surface area contributed by atoms with E-state index in [-0.39, 0.29) is 11.8 Å². The lowest BCUT2D eigenvalue weighted by Gasteiger charge is -2.21. The van der Waals surface area contributed by atoms with Crippen molar-refractivity contribution in [2.75, 3.05) is 4.90 Å². The van der Waals surface area contributed by atoms with Crippen molar-refractivity contribution in [1.82, 2.24) is 0 Å². The van der Waals surface area contributed by atoms with E-state index in [1.807, 2.05) is 36.0 Å². The van der Waals surface area contributed by atoms with Gasteiger partial charge < -0.3 is 0 Å². The minimum Gasteiger partial charge on any atom is -0.274 e. The Labute approximate surface area is 123 Å². The maximum atomic E-state index is 11.7. The highest BCUT2D eigenvalue weighted by Gasteiger charge is 2.30. The Bertz CT molecular complexity index is 490. The summed E-state index contributed by atoms with van der Waals surface area (Å²) >= 11 is 1.93. The largest absolute Gasteiger partial charge is 0.274 e. The van der Waals surface area contributed by atoms with Gasteiger partial charge in [-0.05, 0) is 37.1 Å². The summed E-state index contributed by atoms with van der Waals surface area (Å²) in [5.41, 5.74) is 0.713. The molecule has 1 aromatic carbocycles. The zero-order valence-electron chi connectivity index (χ0n) is 11.5. The second-order valence-corrected chi connectivity index (χ2v) is 6.87. The fourth-order valence-corrected chi connectivity index (χ4v) is 4.16. The van der Waals surface area contributed by atoms with E-state index in [0.717, 1.165) is 5.25 Å². The van der Waals surface area contributed by atoms with Crippen LogP contribution >= 0.6 is 11.8 Å². The maximum absolute atomic E-state index is 11.7. The molecular formula is C16H19NO2S. The first-order chi connectivity index (χ1) is 9.74. The van der Waals surface area contributed by atoms with Crippen LogP contribution in [0.1, 0.15) is 44.9 Å². The van der Waals surface area contributed by atoms with Gasteiger partial charge in [-0.3, -0.25) is 14.5 Å². The van der Waals surface area contributed by atoms with Crippen LogP contribution in [0.4, 0.5) is 5.69 Å². The molecule has 20 heavy (non-hydrogen) atoms. The third-order valence-electron chi connectivity index (χ3n) is 4.00. The Balaban J connectivity index is 1.68. The van der Waals surface area contributed by atoms with Gasteiger partial charge in [-0.1, -0.05) is 19.3 Å². The number of carbonyl (C=O) groups excluding carboxylic acids is 2. The average Bonchev–Trinajstić information content (AvgIpc) is 2.81. The van der Waals surface area contributed by atoms with Gasteiger partial charge in [0.05, 0.1) is 5.69 Å². The number of rotatable bonds is 3. The van der Waals surface area contributed by atoms with E-state index in [0.29, 0.717) is 18.5 Å². The lowest BCUT2D eigenvalue weighted by molar-refractivity contribution is -0.121. The predicted octanol–water partition coefficient (Wildman–Crippen LogP) is 3.76. The molecule has 0 spiro atoms. The molecule has 0 unspecified atom stereocenters. The van der Waals surface area contributed by atoms with Crippen LogP contribution in [-0.2, 0) is 9.59 Å². The number of imide groups is 1. The van der Waals surface area contributed by atoms with Crippen molar-refractivity contribution < 1.29 is 9.59 Å². The Morgan fingerprint density at radius 2 is 1.50 bits per heavy atom. The van der Waals surface area contributed by atoms with E-state index in [1.165, 1.54) is 41.9 Å². The standard InChI is InChI=1S/C16H19NO2S/c18-15-10-11-16(19)17(15)12-6-8-14(9-7-12)20-13-4-2-1-3-5-13/h6-9,13H,1-5,10-11H2. The van der Waals surface area contributed by atoms with E-state index >= 15 is 0 Å². The third-order valence-corrected chi connectivity index (χ3v) is 5.35. The van der Waals surface area contributed by atoms with Crippen LogP contribution in [0.2, 0.25) is 0 Å². The molecule has 2 aliphatic rings. The molecule has 0 N–H and O–H groups in total. The van der Waals surface area contributed by atoms with Crippen LogP contribution in [-0.4, -0.2) is 17.1 Å². The highest BCUT2D eigenvalue weighted by Crippen LogP contribution is 2.34. The van der Waals surface area contributed by atoms with Crippen LogP contribution in [0.5, 0.6) is 0 Å². The first kappa shape index (κ1) is 13.7. The second kappa shape index (κ2) is 6.00. The van der Waals surface area contributed by atoms with Gasteiger partial charge in [-0.2, -0.15) is 0 Å². The second-order valence-electron chi connectivity index (χ2n) is 5.49. The Kier molecular flexibility index (Phi) is 4.10. The van der Waals surface area contributed by atoms with Crippen LogP contribution in [0, 0.1) is 0 Å². The Hall–Kier alpha value is -1.29. The smallest absolute Gasteiger partial charge is 0.234 e. The number of nitrogens with zero attached hydrogens (tertiary/aromatic N) is 1. The number of anilines is 1. The number of benzene rings is 1. The van der Waals surface area contributed by atoms with Crippen LogP contribution in [0.3, 0.4) is 0 Å². The first-order valence-corrected chi connectivity index (χ1v) is 8.24. The molecule has 0 atom stereocenters. The molecule has 0 radical (unpaired) electrons. The van der Waals surface area contributed by atoms with Gasteiger partial charge in [0.25, 0.3) is 0 Å². The highest BCUT2D eigenvalue weighted by atomic mass is 32.2. The molecule has 2 amide bonds. The summed E-state index contributed by atoms with van der Waals surface area (Å²) in [6.45, 7) is 0. The van der Waals surface area contributed by atoms with Crippen molar-refractivity contribution in [1.29, 1.82) is 0 Å². The van der Waals surface area contributed by atoms with E-state index in [4.69, 9.17) is 0 Å². The Morgan fingerprint density at radius 1 is 0.900 bits per heavy atom. The lowest BCUT2D eigenvalue weighted by Crippen LogP contribution is -2.28. The number of hydrogen-bond acceptors (Lipinski definition) is 3. The van der Waals surface area contributed by atoms with Crippen LogP contribution in [0.15, 0.2) is 29.2 Å². The third kappa shape index (κ3) is 2.90. The summed E-state index contributed by atoms with van der Waals surface area (Å²) in [6.07, 6.45) is 7.34. The molecule has 0 aromatic heterocycles. The summed E-state index contributed by atoms with van der Waals surface area (Å²) in [5.74, 6) is -0.162. The maximum Gasteiger partial charge on any atom is 0.234 e. The van der Waals surface area contributed by atoms with Crippen molar-refractivity contribution in [3.63, 3.8) is 0 Å². The molecule has 0 bridgehead atoms. The van der Waals surface area contributed by atoms with Crippen LogP contribution < -0.4 is 4.90 Å². The molecule has 1 aliphatic carbocycles. The highest BCUT2D eigenvalue weighted by molar-refractivity contribution is 8.00. The normalized spacial score (nSPS) is 20.7. The average molecular weight is 289 g/mol. The fourth-order valence-electron chi connectivity index (χ4n) is 2.91. The van der Waals surface area contributed by atoms with Gasteiger partial charge in [-0.15, -0.1) is 11.8 Å². The van der Waals surface area contributed by atoms with E-state index < -0.39 is 0 Å². The molecule has 1 saturated heterocycles. The molecule has 1 aliphatic heterocycles. The van der Waals surface area contributed by atoms with Crippen LogP contribution in [0.25, 0.3) is 0 Å². The molecule has 1 saturated carbocycles. The SMILES string of the molecule is O=C1CCC(=O)N1c1ccc(SC2CCCCC2)cc1. The zero-order valence-corrected chi connectivity index (χ0v) is 12.3. The van der Waals surface area contributed by atoms with Crippen molar-refractivity contribution in [3.8, 4) is 0 Å². The van der Waals surface area contributed by atoms with Crippen molar-refractivity contribution >= 4 is 29.3 Å². The number of carbonyl (C=O) groups is 2. The quantitative estimate of drug-likeness (QED) is 0.795. The van der Waals surface area contributed by atoms with Gasteiger partial charge in [0.1, 0.15) is 0 Å². The molecule has 3 rings (SSSR count).